The molecular formula is C25H21N3O5. The van der Waals surface area contributed by atoms with Crippen LogP contribution in [0.3, 0.4) is 0 Å². The van der Waals surface area contributed by atoms with E-state index in [2.05, 4.69) is 5.32 Å². The molecule has 0 saturated heterocycles. The molecule has 0 aliphatic rings. The summed E-state index contributed by atoms with van der Waals surface area (Å²) in [6, 6.07) is 21.8. The Bertz CT molecular complexity index is 1180. The average Bonchev–Trinajstić information content (AvgIpc) is 2.83. The number of carbonyl (C=O) groups excluding carboxylic acids is 1. The summed E-state index contributed by atoms with van der Waals surface area (Å²) < 4.78 is 11.1. The monoisotopic (exact) mass is 443 g/mol. The highest BCUT2D eigenvalue weighted by Crippen LogP contribution is 2.19. The predicted molar refractivity (Wildman–Crippen MR) is 124 cm³/mol. The van der Waals surface area contributed by atoms with Crippen molar-refractivity contribution in [2.75, 3.05) is 11.9 Å². The van der Waals surface area contributed by atoms with Gasteiger partial charge in [0.05, 0.1) is 11.5 Å². The van der Waals surface area contributed by atoms with Crippen molar-refractivity contribution in [2.24, 2.45) is 0 Å². The van der Waals surface area contributed by atoms with Gasteiger partial charge in [0.2, 0.25) is 0 Å². The zero-order chi connectivity index (χ0) is 23.6. The van der Waals surface area contributed by atoms with Crippen LogP contribution in [-0.4, -0.2) is 17.4 Å². The number of nitrogens with zero attached hydrogens (tertiary/aromatic N) is 2. The smallest absolute Gasteiger partial charge is 0.269 e. The van der Waals surface area contributed by atoms with Crippen molar-refractivity contribution in [3.8, 4) is 17.6 Å². The second-order valence-electron chi connectivity index (χ2n) is 6.86. The number of nitriles is 1. The van der Waals surface area contributed by atoms with Crippen LogP contribution >= 0.6 is 0 Å². The lowest BCUT2D eigenvalue weighted by molar-refractivity contribution is -0.384. The zero-order valence-electron chi connectivity index (χ0n) is 17.9. The second kappa shape index (κ2) is 11.1. The highest BCUT2D eigenvalue weighted by Gasteiger charge is 2.10. The highest BCUT2D eigenvalue weighted by molar-refractivity contribution is 6.09. The normalized spacial score (nSPS) is 10.7. The van der Waals surface area contributed by atoms with Crippen LogP contribution in [0.15, 0.2) is 78.4 Å². The fourth-order valence-corrected chi connectivity index (χ4v) is 2.86. The van der Waals surface area contributed by atoms with Gasteiger partial charge in [0.1, 0.15) is 29.7 Å². The lowest BCUT2D eigenvalue weighted by atomic mass is 10.1. The molecule has 0 aliphatic carbocycles. The number of carbonyl (C=O) groups is 1. The summed E-state index contributed by atoms with van der Waals surface area (Å²) in [5.74, 6) is 0.769. The van der Waals surface area contributed by atoms with Gasteiger partial charge < -0.3 is 14.8 Å². The van der Waals surface area contributed by atoms with E-state index in [4.69, 9.17) is 9.47 Å². The van der Waals surface area contributed by atoms with Crippen molar-refractivity contribution >= 4 is 23.4 Å². The Hall–Kier alpha value is -4.64. The first-order valence-corrected chi connectivity index (χ1v) is 10.1. The Balaban J connectivity index is 1.59. The van der Waals surface area contributed by atoms with E-state index in [9.17, 15) is 20.2 Å². The molecule has 3 aromatic rings. The Morgan fingerprint density at radius 3 is 2.18 bits per heavy atom. The first kappa shape index (κ1) is 23.0. The molecule has 0 saturated carbocycles. The minimum absolute atomic E-state index is 0.0229. The van der Waals surface area contributed by atoms with Gasteiger partial charge in [-0.3, -0.25) is 14.9 Å². The summed E-state index contributed by atoms with van der Waals surface area (Å²) in [5, 5.41) is 22.8. The maximum Gasteiger partial charge on any atom is 0.269 e. The summed E-state index contributed by atoms with van der Waals surface area (Å²) in [4.78, 5) is 22.7. The Labute approximate surface area is 190 Å². The molecule has 0 radical (unpaired) electrons. The van der Waals surface area contributed by atoms with Gasteiger partial charge in [0.15, 0.2) is 0 Å². The number of non-ortho nitro benzene ring substituents is 1. The first-order valence-electron chi connectivity index (χ1n) is 10.1. The molecule has 8 nitrogen and oxygen atoms in total. The Morgan fingerprint density at radius 2 is 1.61 bits per heavy atom. The number of ether oxygens (including phenoxy) is 2. The molecule has 0 spiro atoms. The minimum Gasteiger partial charge on any atom is -0.494 e. The minimum atomic E-state index is -0.514. The third-order valence-corrected chi connectivity index (χ3v) is 4.53. The molecule has 8 heteroatoms. The van der Waals surface area contributed by atoms with Crippen LogP contribution in [0.2, 0.25) is 0 Å². The molecule has 3 rings (SSSR count). The average molecular weight is 443 g/mol. The van der Waals surface area contributed by atoms with E-state index in [0.29, 0.717) is 29.4 Å². The van der Waals surface area contributed by atoms with Crippen molar-refractivity contribution in [1.82, 2.24) is 0 Å². The van der Waals surface area contributed by atoms with Gasteiger partial charge in [-0.1, -0.05) is 12.1 Å². The standard InChI is InChI=1S/C25H21N3O5/c1-2-32-23-13-7-21(8-14-23)27-25(29)20(16-26)15-18-5-11-24(12-6-18)33-17-19-3-9-22(10-4-19)28(30)31/h3-15H,2,17H2,1H3,(H,27,29)/b20-15-. The fraction of sp³-hybridized carbons (Fsp3) is 0.120. The highest BCUT2D eigenvalue weighted by atomic mass is 16.6. The van der Waals surface area contributed by atoms with E-state index >= 15 is 0 Å². The van der Waals surface area contributed by atoms with Crippen LogP contribution in [0.5, 0.6) is 11.5 Å². The van der Waals surface area contributed by atoms with Crippen LogP contribution in [0.25, 0.3) is 6.08 Å². The fourth-order valence-electron chi connectivity index (χ4n) is 2.86. The zero-order valence-corrected chi connectivity index (χ0v) is 17.9. The molecule has 0 fully saturated rings. The number of nitrogens with one attached hydrogen (secondary N) is 1. The van der Waals surface area contributed by atoms with Crippen LogP contribution in [0.4, 0.5) is 11.4 Å². The summed E-state index contributed by atoms with van der Waals surface area (Å²) >= 11 is 0. The summed E-state index contributed by atoms with van der Waals surface area (Å²) in [6.45, 7) is 2.69. The molecule has 166 valence electrons. The van der Waals surface area contributed by atoms with Gasteiger partial charge in [-0.2, -0.15) is 5.26 Å². The number of hydrogen-bond acceptors (Lipinski definition) is 6. The number of nitro groups is 1. The number of hydrogen-bond donors (Lipinski definition) is 1. The van der Waals surface area contributed by atoms with Gasteiger partial charge in [-0.25, -0.2) is 0 Å². The molecule has 1 N–H and O–H groups in total. The van der Waals surface area contributed by atoms with E-state index < -0.39 is 10.8 Å². The van der Waals surface area contributed by atoms with Crippen LogP contribution in [0.1, 0.15) is 18.1 Å². The molecule has 0 bridgehead atoms. The van der Waals surface area contributed by atoms with E-state index in [1.54, 1.807) is 60.7 Å². The molecule has 1 amide bonds. The number of amides is 1. The number of nitro benzene ring substituents is 1. The molecular weight excluding hydrogens is 422 g/mol. The van der Waals surface area contributed by atoms with Crippen molar-refractivity contribution in [2.45, 2.75) is 13.5 Å². The molecule has 3 aromatic carbocycles. The lowest BCUT2D eigenvalue weighted by Gasteiger charge is -2.07. The number of anilines is 1. The molecule has 33 heavy (non-hydrogen) atoms. The number of rotatable bonds is 9. The predicted octanol–water partition coefficient (Wildman–Crippen LogP) is 5.12. The van der Waals surface area contributed by atoms with E-state index in [1.165, 1.54) is 18.2 Å². The Morgan fingerprint density at radius 1 is 1.00 bits per heavy atom. The summed E-state index contributed by atoms with van der Waals surface area (Å²) in [7, 11) is 0. The Kier molecular flexibility index (Phi) is 7.76. The molecule has 0 aliphatic heterocycles. The molecule has 0 heterocycles. The maximum absolute atomic E-state index is 12.5. The van der Waals surface area contributed by atoms with Gasteiger partial charge in [-0.15, -0.1) is 0 Å². The molecule has 0 unspecified atom stereocenters. The quantitative estimate of drug-likeness (QED) is 0.212. The SMILES string of the molecule is CCOc1ccc(NC(=O)/C(C#N)=C\c2ccc(OCc3ccc([N+](=O)[O-])cc3)cc2)cc1. The van der Waals surface area contributed by atoms with E-state index in [0.717, 1.165) is 5.56 Å². The van der Waals surface area contributed by atoms with Crippen LogP contribution in [0, 0.1) is 21.4 Å². The largest absolute Gasteiger partial charge is 0.494 e. The first-order chi connectivity index (χ1) is 16.0. The van der Waals surface area contributed by atoms with Crippen molar-refractivity contribution in [1.29, 1.82) is 5.26 Å². The maximum atomic E-state index is 12.5. The van der Waals surface area contributed by atoms with Gasteiger partial charge in [-0.05, 0) is 72.7 Å². The summed E-state index contributed by atoms with van der Waals surface area (Å²) in [6.07, 6.45) is 1.49. The van der Waals surface area contributed by atoms with Crippen molar-refractivity contribution < 1.29 is 19.2 Å². The van der Waals surface area contributed by atoms with Gasteiger partial charge in [0, 0.05) is 17.8 Å². The van der Waals surface area contributed by atoms with Crippen molar-refractivity contribution in [3.05, 3.63) is 99.6 Å². The third-order valence-electron chi connectivity index (χ3n) is 4.53. The van der Waals surface area contributed by atoms with E-state index in [-0.39, 0.29) is 17.9 Å². The second-order valence-corrected chi connectivity index (χ2v) is 6.86. The van der Waals surface area contributed by atoms with Crippen LogP contribution < -0.4 is 14.8 Å². The summed E-state index contributed by atoms with van der Waals surface area (Å²) in [5.41, 5.74) is 2.00. The van der Waals surface area contributed by atoms with Crippen molar-refractivity contribution in [3.63, 3.8) is 0 Å². The lowest BCUT2D eigenvalue weighted by Crippen LogP contribution is -2.13. The number of benzene rings is 3. The molecule has 0 atom stereocenters. The third kappa shape index (κ3) is 6.67. The molecule has 0 aromatic heterocycles. The topological polar surface area (TPSA) is 114 Å². The van der Waals surface area contributed by atoms with E-state index in [1.807, 2.05) is 13.0 Å². The van der Waals surface area contributed by atoms with Gasteiger partial charge in [0.25, 0.3) is 11.6 Å². The van der Waals surface area contributed by atoms with Gasteiger partial charge >= 0.3 is 0 Å². The van der Waals surface area contributed by atoms with Crippen LogP contribution in [-0.2, 0) is 11.4 Å².